The number of nitrogens with zero attached hydrogens (tertiary/aromatic N) is 1. The lowest BCUT2D eigenvalue weighted by Crippen LogP contribution is -2.43. The van der Waals surface area contributed by atoms with Gasteiger partial charge >= 0.3 is 11.9 Å². The summed E-state index contributed by atoms with van der Waals surface area (Å²) in [7, 11) is 0.0957. The minimum atomic E-state index is -3.81. The summed E-state index contributed by atoms with van der Waals surface area (Å²) in [5.74, 6) is -1.93. The van der Waals surface area contributed by atoms with E-state index >= 15 is 0 Å². The molecule has 34 heavy (non-hydrogen) atoms. The van der Waals surface area contributed by atoms with Crippen molar-refractivity contribution in [3.05, 3.63) is 53.6 Å². The predicted octanol–water partition coefficient (Wildman–Crippen LogP) is 2.31. The van der Waals surface area contributed by atoms with Crippen molar-refractivity contribution in [1.29, 1.82) is 0 Å². The molecule has 1 heterocycles. The maximum atomic E-state index is 13.1. The lowest BCUT2D eigenvalue weighted by Gasteiger charge is -2.31. The van der Waals surface area contributed by atoms with Gasteiger partial charge in [-0.25, -0.2) is 18.0 Å². The number of nitrogens with one attached hydrogen (secondary N) is 1. The van der Waals surface area contributed by atoms with E-state index in [-0.39, 0.29) is 34.8 Å². The van der Waals surface area contributed by atoms with Crippen LogP contribution in [-0.4, -0.2) is 65.0 Å². The summed E-state index contributed by atoms with van der Waals surface area (Å²) in [4.78, 5) is 37.2. The fraction of sp³-hybridized carbons (Fsp3) is 0.348. The number of rotatable bonds is 7. The molecule has 11 heteroatoms. The number of hydrogen-bond acceptors (Lipinski definition) is 8. The first-order valence-corrected chi connectivity index (χ1v) is 11.9. The average molecular weight is 491 g/mol. The fourth-order valence-electron chi connectivity index (χ4n) is 3.69. The third kappa shape index (κ3) is 5.37. The van der Waals surface area contributed by atoms with Crippen molar-refractivity contribution in [3.63, 3.8) is 0 Å². The molecule has 1 fully saturated rings. The summed E-state index contributed by atoms with van der Waals surface area (Å²) >= 11 is 0. The van der Waals surface area contributed by atoms with Gasteiger partial charge in [0, 0.05) is 13.1 Å². The Bertz CT molecular complexity index is 1180. The van der Waals surface area contributed by atoms with Gasteiger partial charge in [0.15, 0.2) is 0 Å². The molecule has 1 amide bonds. The summed E-state index contributed by atoms with van der Waals surface area (Å²) in [5.41, 5.74) is 0.273. The molecule has 10 nitrogen and oxygen atoms in total. The average Bonchev–Trinajstić information content (AvgIpc) is 2.87. The third-order valence-corrected chi connectivity index (χ3v) is 7.44. The molecular weight excluding hydrogens is 464 g/mol. The molecule has 1 unspecified atom stereocenters. The molecule has 1 atom stereocenters. The highest BCUT2D eigenvalue weighted by Crippen LogP contribution is 2.27. The lowest BCUT2D eigenvalue weighted by molar-refractivity contribution is -0.120. The molecule has 1 aliphatic rings. The van der Waals surface area contributed by atoms with E-state index < -0.39 is 33.8 Å². The Morgan fingerprint density at radius 2 is 1.65 bits per heavy atom. The van der Waals surface area contributed by atoms with E-state index in [2.05, 4.69) is 5.32 Å². The zero-order chi connectivity index (χ0) is 24.9. The highest BCUT2D eigenvalue weighted by molar-refractivity contribution is 7.89. The van der Waals surface area contributed by atoms with Crippen LogP contribution in [0.15, 0.2) is 47.4 Å². The van der Waals surface area contributed by atoms with Crippen LogP contribution >= 0.6 is 0 Å². The van der Waals surface area contributed by atoms with E-state index in [1.807, 2.05) is 0 Å². The molecule has 0 radical (unpaired) electrons. The van der Waals surface area contributed by atoms with E-state index in [9.17, 15) is 22.8 Å². The van der Waals surface area contributed by atoms with Crippen molar-refractivity contribution < 1.29 is 37.0 Å². The molecular formula is C23H26N2O8S. The van der Waals surface area contributed by atoms with Gasteiger partial charge in [0.25, 0.3) is 0 Å². The van der Waals surface area contributed by atoms with Gasteiger partial charge in [-0.2, -0.15) is 4.31 Å². The number of piperidine rings is 1. The van der Waals surface area contributed by atoms with E-state index in [1.54, 1.807) is 12.1 Å². The first-order chi connectivity index (χ1) is 16.2. The Hall–Kier alpha value is -3.44. The van der Waals surface area contributed by atoms with Crippen LogP contribution in [0.25, 0.3) is 0 Å². The molecule has 2 aromatic carbocycles. The van der Waals surface area contributed by atoms with Gasteiger partial charge in [-0.05, 0) is 55.3 Å². The van der Waals surface area contributed by atoms with Crippen LogP contribution in [0.4, 0.5) is 5.69 Å². The van der Waals surface area contributed by atoms with Gasteiger partial charge in [-0.1, -0.05) is 0 Å². The van der Waals surface area contributed by atoms with Gasteiger partial charge in [0.1, 0.15) is 5.75 Å². The zero-order valence-corrected chi connectivity index (χ0v) is 19.9. The lowest BCUT2D eigenvalue weighted by atomic mass is 9.98. The highest BCUT2D eigenvalue weighted by atomic mass is 32.2. The van der Waals surface area contributed by atoms with Crippen molar-refractivity contribution in [2.75, 3.05) is 39.7 Å². The number of benzene rings is 2. The quantitative estimate of drug-likeness (QED) is 0.586. The van der Waals surface area contributed by atoms with E-state index in [4.69, 9.17) is 14.2 Å². The van der Waals surface area contributed by atoms with E-state index in [0.717, 1.165) is 0 Å². The van der Waals surface area contributed by atoms with Gasteiger partial charge in [-0.3, -0.25) is 4.79 Å². The number of esters is 2. The third-order valence-electron chi connectivity index (χ3n) is 5.56. The Kier molecular flexibility index (Phi) is 7.90. The summed E-state index contributed by atoms with van der Waals surface area (Å²) in [5, 5.41) is 2.66. The normalized spacial score (nSPS) is 16.4. The van der Waals surface area contributed by atoms with Gasteiger partial charge in [0.05, 0.1) is 49.0 Å². The Balaban J connectivity index is 1.81. The Morgan fingerprint density at radius 3 is 2.26 bits per heavy atom. The van der Waals surface area contributed by atoms with Crippen molar-refractivity contribution >= 4 is 33.6 Å². The number of amides is 1. The number of anilines is 1. The van der Waals surface area contributed by atoms with Crippen LogP contribution in [0.1, 0.15) is 33.6 Å². The predicted molar refractivity (Wildman–Crippen MR) is 122 cm³/mol. The fourth-order valence-corrected chi connectivity index (χ4v) is 5.21. The van der Waals surface area contributed by atoms with Crippen molar-refractivity contribution in [2.24, 2.45) is 5.92 Å². The Labute approximate surface area is 197 Å². The number of carbonyl (C=O) groups is 3. The van der Waals surface area contributed by atoms with Crippen LogP contribution in [0.3, 0.4) is 0 Å². The number of methoxy groups -OCH3 is 3. The second kappa shape index (κ2) is 10.7. The monoisotopic (exact) mass is 490 g/mol. The van der Waals surface area contributed by atoms with Crippen molar-refractivity contribution in [2.45, 2.75) is 17.7 Å². The molecule has 2 aromatic rings. The summed E-state index contributed by atoms with van der Waals surface area (Å²) in [6, 6.07) is 10.1. The minimum absolute atomic E-state index is 0.0234. The molecule has 1 aliphatic heterocycles. The van der Waals surface area contributed by atoms with Gasteiger partial charge in [0.2, 0.25) is 15.9 Å². The highest BCUT2D eigenvalue weighted by Gasteiger charge is 2.34. The summed E-state index contributed by atoms with van der Waals surface area (Å²) in [6.45, 7) is 0.258. The van der Waals surface area contributed by atoms with Crippen molar-refractivity contribution in [1.82, 2.24) is 4.31 Å². The van der Waals surface area contributed by atoms with Crippen LogP contribution in [-0.2, 0) is 24.3 Å². The largest absolute Gasteiger partial charge is 0.497 e. The summed E-state index contributed by atoms with van der Waals surface area (Å²) < 4.78 is 42.0. The molecule has 3 rings (SSSR count). The van der Waals surface area contributed by atoms with Crippen LogP contribution in [0, 0.1) is 5.92 Å². The molecule has 1 N–H and O–H groups in total. The first-order valence-electron chi connectivity index (χ1n) is 10.5. The molecule has 0 aliphatic carbocycles. The van der Waals surface area contributed by atoms with E-state index in [1.165, 1.54) is 56.0 Å². The van der Waals surface area contributed by atoms with Crippen LogP contribution in [0.5, 0.6) is 5.75 Å². The topological polar surface area (TPSA) is 128 Å². The summed E-state index contributed by atoms with van der Waals surface area (Å²) in [6.07, 6.45) is 0.949. The Morgan fingerprint density at radius 1 is 0.971 bits per heavy atom. The molecule has 0 bridgehead atoms. The molecule has 0 aromatic heterocycles. The maximum Gasteiger partial charge on any atom is 0.339 e. The molecule has 182 valence electrons. The standard InChI is InChI=1S/C23H26N2O8S/c1-31-17-7-9-18(10-8-17)34(29,30)25-12-4-5-16(14-25)21(26)24-20-13-15(22(27)32-2)6-11-19(20)23(28)33-3/h6-11,13,16H,4-5,12,14H2,1-3H3,(H,24,26). The number of ether oxygens (including phenoxy) is 3. The number of sulfonamides is 1. The smallest absolute Gasteiger partial charge is 0.339 e. The molecule has 1 saturated heterocycles. The van der Waals surface area contributed by atoms with Crippen molar-refractivity contribution in [3.8, 4) is 5.75 Å². The second-order valence-corrected chi connectivity index (χ2v) is 9.55. The van der Waals surface area contributed by atoms with E-state index in [0.29, 0.717) is 18.6 Å². The van der Waals surface area contributed by atoms with Gasteiger partial charge < -0.3 is 19.5 Å². The van der Waals surface area contributed by atoms with Gasteiger partial charge in [-0.15, -0.1) is 0 Å². The van der Waals surface area contributed by atoms with Crippen LogP contribution in [0.2, 0.25) is 0 Å². The minimum Gasteiger partial charge on any atom is -0.497 e. The number of hydrogen-bond donors (Lipinski definition) is 1. The van der Waals surface area contributed by atoms with Crippen LogP contribution < -0.4 is 10.1 Å². The molecule has 0 saturated carbocycles. The SMILES string of the molecule is COC(=O)c1ccc(C(=O)OC)c(NC(=O)C2CCCN(S(=O)(=O)c3ccc(OC)cc3)C2)c1. The zero-order valence-electron chi connectivity index (χ0n) is 19.1. The first kappa shape index (κ1) is 25.2. The molecule has 0 spiro atoms. The number of carbonyl (C=O) groups excluding carboxylic acids is 3. The maximum absolute atomic E-state index is 13.1. The second-order valence-electron chi connectivity index (χ2n) is 7.61.